The van der Waals surface area contributed by atoms with Gasteiger partial charge in [0, 0.05) is 31.0 Å². The van der Waals surface area contributed by atoms with Crippen LogP contribution in [0.5, 0.6) is 0 Å². The van der Waals surface area contributed by atoms with E-state index in [9.17, 15) is 4.39 Å². The highest BCUT2D eigenvalue weighted by Crippen LogP contribution is 2.31. The normalized spacial score (nSPS) is 14.2. The van der Waals surface area contributed by atoms with E-state index >= 15 is 0 Å². The summed E-state index contributed by atoms with van der Waals surface area (Å²) in [6.45, 7) is 2.12. The van der Waals surface area contributed by atoms with Gasteiger partial charge in [-0.2, -0.15) is 0 Å². The predicted molar refractivity (Wildman–Crippen MR) is 83.3 cm³/mol. The third kappa shape index (κ3) is 2.20. The van der Waals surface area contributed by atoms with Crippen molar-refractivity contribution in [2.24, 2.45) is 5.73 Å². The van der Waals surface area contributed by atoms with Crippen LogP contribution in [-0.2, 0) is 13.1 Å². The number of fused-ring (bicyclic) bond motifs is 1. The first-order valence-corrected chi connectivity index (χ1v) is 7.31. The van der Waals surface area contributed by atoms with Gasteiger partial charge in [0.2, 0.25) is 0 Å². The van der Waals surface area contributed by atoms with Crippen LogP contribution in [0.25, 0.3) is 0 Å². The maximum atomic E-state index is 14.5. The number of anilines is 1. The number of halogens is 2. The van der Waals surface area contributed by atoms with E-state index in [0.717, 1.165) is 18.9 Å². The molecule has 2 aromatic rings. The fourth-order valence-electron chi connectivity index (χ4n) is 2.35. The van der Waals surface area contributed by atoms with Gasteiger partial charge in [0.05, 0.1) is 16.7 Å². The Morgan fingerprint density at radius 1 is 1.40 bits per heavy atom. The zero-order valence-electron chi connectivity index (χ0n) is 10.5. The third-order valence-corrected chi connectivity index (χ3v) is 4.41. The molecule has 0 saturated heterocycles. The van der Waals surface area contributed by atoms with Crippen molar-refractivity contribution in [3.8, 4) is 0 Å². The standard InChI is InChI=1S/C13H12BrFN4S/c14-11-8(13(16)20)1-2-9(12(11)15)19-6-5-18-4-3-17-10(18)7-19/h1-4H,5-7H2,(H2,16,20). The lowest BCUT2D eigenvalue weighted by atomic mass is 10.1. The molecule has 0 spiro atoms. The Hall–Kier alpha value is -1.47. The van der Waals surface area contributed by atoms with Gasteiger partial charge in [0.15, 0.2) is 5.82 Å². The summed E-state index contributed by atoms with van der Waals surface area (Å²) in [5, 5.41) is 0. The molecule has 4 nitrogen and oxygen atoms in total. The van der Waals surface area contributed by atoms with Crippen molar-refractivity contribution in [3.63, 3.8) is 0 Å². The Labute approximate surface area is 129 Å². The van der Waals surface area contributed by atoms with Crippen LogP contribution in [0.1, 0.15) is 11.4 Å². The number of benzene rings is 1. The summed E-state index contributed by atoms with van der Waals surface area (Å²) in [7, 11) is 0. The Morgan fingerprint density at radius 2 is 2.20 bits per heavy atom. The molecular weight excluding hydrogens is 343 g/mol. The fourth-order valence-corrected chi connectivity index (χ4v) is 3.20. The largest absolute Gasteiger partial charge is 0.389 e. The summed E-state index contributed by atoms with van der Waals surface area (Å²) in [6.07, 6.45) is 3.70. The van der Waals surface area contributed by atoms with E-state index in [0.29, 0.717) is 22.3 Å². The minimum absolute atomic E-state index is 0.177. The van der Waals surface area contributed by atoms with Gasteiger partial charge in [0.25, 0.3) is 0 Å². The highest BCUT2D eigenvalue weighted by molar-refractivity contribution is 9.10. The molecule has 2 heterocycles. The van der Waals surface area contributed by atoms with Crippen molar-refractivity contribution in [1.82, 2.24) is 9.55 Å². The Balaban J connectivity index is 1.96. The maximum absolute atomic E-state index is 14.5. The summed E-state index contributed by atoms with van der Waals surface area (Å²) in [4.78, 5) is 6.42. The van der Waals surface area contributed by atoms with Gasteiger partial charge in [-0.25, -0.2) is 9.37 Å². The number of imidazole rings is 1. The molecule has 0 saturated carbocycles. The molecule has 1 aliphatic heterocycles. The molecule has 1 aromatic carbocycles. The molecule has 20 heavy (non-hydrogen) atoms. The second kappa shape index (κ2) is 5.14. The van der Waals surface area contributed by atoms with Gasteiger partial charge >= 0.3 is 0 Å². The van der Waals surface area contributed by atoms with Crippen LogP contribution in [-0.4, -0.2) is 21.1 Å². The molecule has 0 fully saturated rings. The average molecular weight is 355 g/mol. The van der Waals surface area contributed by atoms with Gasteiger partial charge in [0.1, 0.15) is 10.8 Å². The smallest absolute Gasteiger partial charge is 0.161 e. The molecule has 7 heteroatoms. The Kier molecular flexibility index (Phi) is 3.47. The summed E-state index contributed by atoms with van der Waals surface area (Å²) in [5.41, 5.74) is 6.62. The van der Waals surface area contributed by atoms with Gasteiger partial charge in [-0.3, -0.25) is 0 Å². The lowest BCUT2D eigenvalue weighted by Gasteiger charge is -2.30. The van der Waals surface area contributed by atoms with Crippen LogP contribution >= 0.6 is 28.1 Å². The van der Waals surface area contributed by atoms with Crippen molar-refractivity contribution in [2.45, 2.75) is 13.1 Å². The van der Waals surface area contributed by atoms with Crippen LogP contribution in [0.4, 0.5) is 10.1 Å². The van der Waals surface area contributed by atoms with Gasteiger partial charge in [-0.05, 0) is 28.1 Å². The van der Waals surface area contributed by atoms with E-state index < -0.39 is 0 Å². The predicted octanol–water partition coefficient (Wildman–Crippen LogP) is 2.44. The zero-order valence-corrected chi connectivity index (χ0v) is 12.9. The average Bonchev–Trinajstić information content (AvgIpc) is 2.88. The summed E-state index contributed by atoms with van der Waals surface area (Å²) in [6, 6.07) is 3.46. The first-order chi connectivity index (χ1) is 9.58. The van der Waals surface area contributed by atoms with Crippen molar-refractivity contribution in [3.05, 3.63) is 46.2 Å². The molecule has 2 N–H and O–H groups in total. The van der Waals surface area contributed by atoms with Crippen molar-refractivity contribution in [1.29, 1.82) is 0 Å². The maximum Gasteiger partial charge on any atom is 0.161 e. The molecule has 3 rings (SSSR count). The SMILES string of the molecule is NC(=S)c1ccc(N2CCn3ccnc3C2)c(F)c1Br. The molecule has 0 aliphatic carbocycles. The number of aromatic nitrogens is 2. The molecule has 0 amide bonds. The van der Waals surface area contributed by atoms with E-state index in [2.05, 4.69) is 25.5 Å². The number of nitrogens with two attached hydrogens (primary N) is 1. The molecule has 0 radical (unpaired) electrons. The molecule has 0 bridgehead atoms. The first kappa shape index (κ1) is 13.5. The Bertz CT molecular complexity index is 685. The lowest BCUT2D eigenvalue weighted by molar-refractivity contribution is 0.542. The molecule has 1 aliphatic rings. The van der Waals surface area contributed by atoms with Crippen LogP contribution in [0, 0.1) is 5.82 Å². The molecular formula is C13H12BrFN4S. The van der Waals surface area contributed by atoms with Crippen molar-refractivity contribution < 1.29 is 4.39 Å². The number of hydrogen-bond acceptors (Lipinski definition) is 3. The Morgan fingerprint density at radius 3 is 2.95 bits per heavy atom. The van der Waals surface area contributed by atoms with Gasteiger partial charge in [-0.15, -0.1) is 0 Å². The topological polar surface area (TPSA) is 47.1 Å². The second-order valence-corrected chi connectivity index (χ2v) is 5.82. The molecule has 0 unspecified atom stereocenters. The minimum Gasteiger partial charge on any atom is -0.389 e. The van der Waals surface area contributed by atoms with Crippen LogP contribution in [0.2, 0.25) is 0 Å². The molecule has 1 aromatic heterocycles. The second-order valence-electron chi connectivity index (χ2n) is 4.58. The molecule has 104 valence electrons. The first-order valence-electron chi connectivity index (χ1n) is 6.10. The summed E-state index contributed by atoms with van der Waals surface area (Å²) in [5.74, 6) is 0.598. The zero-order chi connectivity index (χ0) is 14.3. The van der Waals surface area contributed by atoms with Crippen LogP contribution in [0.3, 0.4) is 0 Å². The van der Waals surface area contributed by atoms with E-state index in [-0.39, 0.29) is 10.8 Å². The third-order valence-electron chi connectivity index (χ3n) is 3.41. The van der Waals surface area contributed by atoms with Crippen molar-refractivity contribution in [2.75, 3.05) is 11.4 Å². The quantitative estimate of drug-likeness (QED) is 0.841. The van der Waals surface area contributed by atoms with E-state index in [1.807, 2.05) is 11.1 Å². The lowest BCUT2D eigenvalue weighted by Crippen LogP contribution is -2.34. The van der Waals surface area contributed by atoms with Crippen LogP contribution in [0.15, 0.2) is 29.0 Å². The van der Waals surface area contributed by atoms with Gasteiger partial charge < -0.3 is 15.2 Å². The van der Waals surface area contributed by atoms with E-state index in [1.165, 1.54) is 0 Å². The van der Waals surface area contributed by atoms with Crippen LogP contribution < -0.4 is 10.6 Å². The number of nitrogens with zero attached hydrogens (tertiary/aromatic N) is 3. The summed E-state index contributed by atoms with van der Waals surface area (Å²) >= 11 is 8.14. The monoisotopic (exact) mass is 354 g/mol. The minimum atomic E-state index is -0.338. The molecule has 0 atom stereocenters. The van der Waals surface area contributed by atoms with Crippen molar-refractivity contribution >= 4 is 38.8 Å². The number of thiocarbonyl (C=S) groups is 1. The van der Waals surface area contributed by atoms with E-state index in [1.54, 1.807) is 18.3 Å². The highest BCUT2D eigenvalue weighted by atomic mass is 79.9. The summed E-state index contributed by atoms with van der Waals surface area (Å²) < 4.78 is 16.9. The van der Waals surface area contributed by atoms with Gasteiger partial charge in [-0.1, -0.05) is 12.2 Å². The number of hydrogen-bond donors (Lipinski definition) is 1. The number of rotatable bonds is 2. The fraction of sp³-hybridized carbons (Fsp3) is 0.231. The van der Waals surface area contributed by atoms with E-state index in [4.69, 9.17) is 18.0 Å². The highest BCUT2D eigenvalue weighted by Gasteiger charge is 2.22.